The van der Waals surface area contributed by atoms with Crippen molar-refractivity contribution in [1.29, 1.82) is 0 Å². The molecule has 2 aliphatic rings. The minimum Gasteiger partial charge on any atom is -0.344 e. The molecule has 1 aliphatic heterocycles. The largest absolute Gasteiger partial charge is 0.344 e. The van der Waals surface area contributed by atoms with Crippen molar-refractivity contribution in [3.8, 4) is 0 Å². The molecule has 1 saturated heterocycles. The van der Waals surface area contributed by atoms with Crippen LogP contribution in [0.25, 0.3) is 0 Å². The number of hydrogen-bond acceptors (Lipinski definition) is 2. The van der Waals surface area contributed by atoms with Crippen LogP contribution in [0.1, 0.15) is 68.2 Å². The van der Waals surface area contributed by atoms with Gasteiger partial charge in [0.1, 0.15) is 6.04 Å². The number of carbonyl (C=O) groups excluding carboxylic acids is 2. The Morgan fingerprint density at radius 2 is 1.75 bits per heavy atom. The van der Waals surface area contributed by atoms with Crippen LogP contribution in [0, 0.1) is 28.1 Å². The minimum absolute atomic E-state index is 0.0412. The van der Waals surface area contributed by atoms with Gasteiger partial charge in [0.15, 0.2) is 0 Å². The van der Waals surface area contributed by atoms with Crippen molar-refractivity contribution >= 4 is 11.8 Å². The molecule has 0 bridgehead atoms. The van der Waals surface area contributed by atoms with Gasteiger partial charge < -0.3 is 10.2 Å². The van der Waals surface area contributed by atoms with Crippen LogP contribution in [-0.2, 0) is 9.59 Å². The number of amides is 2. The third-order valence-corrected chi connectivity index (χ3v) is 6.58. The van der Waals surface area contributed by atoms with Gasteiger partial charge in [-0.25, -0.2) is 0 Å². The van der Waals surface area contributed by atoms with E-state index in [1.165, 1.54) is 0 Å². The number of nitrogens with one attached hydrogen (secondary N) is 1. The Kier molecular flexibility index (Phi) is 4.84. The first kappa shape index (κ1) is 19.3. The van der Waals surface area contributed by atoms with E-state index in [0.717, 1.165) is 25.9 Å². The van der Waals surface area contributed by atoms with Gasteiger partial charge in [0.25, 0.3) is 0 Å². The molecule has 1 N–H and O–H groups in total. The zero-order valence-corrected chi connectivity index (χ0v) is 16.8. The average molecular weight is 337 g/mol. The summed E-state index contributed by atoms with van der Waals surface area (Å²) in [5.41, 5.74) is 0.114. The second kappa shape index (κ2) is 6.03. The molecule has 0 unspecified atom stereocenters. The molecule has 4 nitrogen and oxygen atoms in total. The summed E-state index contributed by atoms with van der Waals surface area (Å²) in [7, 11) is 0. The number of hydrogen-bond donors (Lipinski definition) is 1. The predicted molar refractivity (Wildman–Crippen MR) is 97.4 cm³/mol. The molecule has 24 heavy (non-hydrogen) atoms. The lowest BCUT2D eigenvalue weighted by molar-refractivity contribution is -0.139. The molecule has 0 aromatic rings. The Morgan fingerprint density at radius 3 is 2.17 bits per heavy atom. The van der Waals surface area contributed by atoms with Gasteiger partial charge in [0.2, 0.25) is 11.8 Å². The zero-order valence-electron chi connectivity index (χ0n) is 16.8. The van der Waals surface area contributed by atoms with Gasteiger partial charge in [-0.3, -0.25) is 9.59 Å². The fourth-order valence-electron chi connectivity index (χ4n) is 4.14. The monoisotopic (exact) mass is 336 g/mol. The average Bonchev–Trinajstić information content (AvgIpc) is 2.74. The number of nitrogens with zero attached hydrogens (tertiary/aromatic N) is 1. The van der Waals surface area contributed by atoms with Crippen LogP contribution in [0.4, 0.5) is 0 Å². The van der Waals surface area contributed by atoms with E-state index in [1.807, 2.05) is 25.7 Å². The summed E-state index contributed by atoms with van der Waals surface area (Å²) in [6, 6.07) is -0.386. The molecule has 1 aliphatic carbocycles. The summed E-state index contributed by atoms with van der Waals surface area (Å²) in [6.07, 6.45) is 1.67. The molecular weight excluding hydrogens is 300 g/mol. The van der Waals surface area contributed by atoms with E-state index in [-0.39, 0.29) is 23.3 Å². The molecule has 1 heterocycles. The Balaban J connectivity index is 2.04. The number of piperidine rings is 1. The summed E-state index contributed by atoms with van der Waals surface area (Å²) in [5, 5.41) is 3.02. The van der Waals surface area contributed by atoms with E-state index in [9.17, 15) is 9.59 Å². The number of carbonyl (C=O) groups is 2. The lowest BCUT2D eigenvalue weighted by Gasteiger charge is -2.31. The molecular formula is C20H36N2O2. The van der Waals surface area contributed by atoms with Gasteiger partial charge in [-0.15, -0.1) is 0 Å². The van der Waals surface area contributed by atoms with Crippen LogP contribution >= 0.6 is 0 Å². The molecule has 2 amide bonds. The van der Waals surface area contributed by atoms with Crippen molar-refractivity contribution in [3.05, 3.63) is 0 Å². The summed E-state index contributed by atoms with van der Waals surface area (Å²) in [6.45, 7) is 18.5. The fourth-order valence-corrected chi connectivity index (χ4v) is 4.14. The third-order valence-electron chi connectivity index (χ3n) is 6.58. The van der Waals surface area contributed by atoms with E-state index >= 15 is 0 Å². The smallest absolute Gasteiger partial charge is 0.245 e. The Bertz CT molecular complexity index is 518. The molecule has 2 fully saturated rings. The van der Waals surface area contributed by atoms with Gasteiger partial charge in [0.05, 0.1) is 0 Å². The van der Waals surface area contributed by atoms with E-state index < -0.39 is 5.41 Å². The summed E-state index contributed by atoms with van der Waals surface area (Å²) in [5.74, 6) is 1.19. The van der Waals surface area contributed by atoms with Crippen LogP contribution in [0.5, 0.6) is 0 Å². The summed E-state index contributed by atoms with van der Waals surface area (Å²) in [4.78, 5) is 27.4. The highest BCUT2D eigenvalue weighted by Crippen LogP contribution is 2.71. The molecule has 2 rings (SSSR count). The van der Waals surface area contributed by atoms with Crippen LogP contribution in [-0.4, -0.2) is 35.8 Å². The van der Waals surface area contributed by atoms with Gasteiger partial charge in [0, 0.05) is 18.5 Å². The third kappa shape index (κ3) is 3.34. The van der Waals surface area contributed by atoms with E-state index in [4.69, 9.17) is 0 Å². The van der Waals surface area contributed by atoms with Crippen molar-refractivity contribution in [2.75, 3.05) is 13.1 Å². The summed E-state index contributed by atoms with van der Waals surface area (Å²) < 4.78 is 0. The molecule has 1 saturated carbocycles. The molecule has 0 radical (unpaired) electrons. The predicted octanol–water partition coefficient (Wildman–Crippen LogP) is 3.46. The van der Waals surface area contributed by atoms with Crippen LogP contribution < -0.4 is 5.32 Å². The first-order chi connectivity index (χ1) is 10.8. The molecule has 0 spiro atoms. The molecule has 0 aromatic heterocycles. The van der Waals surface area contributed by atoms with Gasteiger partial charge in [-0.1, -0.05) is 55.4 Å². The fraction of sp³-hybridized carbons (Fsp3) is 0.900. The van der Waals surface area contributed by atoms with Gasteiger partial charge in [-0.05, 0) is 35.5 Å². The number of fused-ring (bicyclic) bond motifs is 1. The highest BCUT2D eigenvalue weighted by atomic mass is 16.2. The molecule has 138 valence electrons. The number of rotatable bonds is 5. The van der Waals surface area contributed by atoms with Crippen molar-refractivity contribution in [2.24, 2.45) is 28.1 Å². The Morgan fingerprint density at radius 1 is 1.17 bits per heavy atom. The van der Waals surface area contributed by atoms with Crippen LogP contribution in [0.15, 0.2) is 0 Å². The second-order valence-corrected chi connectivity index (χ2v) is 10.2. The van der Waals surface area contributed by atoms with Crippen molar-refractivity contribution in [3.63, 3.8) is 0 Å². The molecule has 3 atom stereocenters. The lowest BCUT2D eigenvalue weighted by atomic mass is 9.93. The van der Waals surface area contributed by atoms with Crippen molar-refractivity contribution in [2.45, 2.75) is 74.3 Å². The first-order valence-electron chi connectivity index (χ1n) is 9.40. The van der Waals surface area contributed by atoms with Crippen LogP contribution in [0.2, 0.25) is 0 Å². The Hall–Kier alpha value is -1.06. The minimum atomic E-state index is -0.475. The van der Waals surface area contributed by atoms with Crippen molar-refractivity contribution in [1.82, 2.24) is 10.2 Å². The maximum Gasteiger partial charge on any atom is 0.245 e. The van der Waals surface area contributed by atoms with Gasteiger partial charge >= 0.3 is 0 Å². The van der Waals surface area contributed by atoms with E-state index in [1.54, 1.807) is 0 Å². The standard InChI is InChI=1S/C20H36N2O2/c1-13(2)9-10-14(21-17(24)18(3,4)5)16(23)22-11-15-19(6,7)20(15,8)12-22/h13-15H,9-12H2,1-8H3,(H,21,24)/t14-,15-,20-/m0/s1. The topological polar surface area (TPSA) is 49.4 Å². The van der Waals surface area contributed by atoms with E-state index in [2.05, 4.69) is 39.9 Å². The SMILES string of the molecule is CC(C)CC[C@H](NC(=O)C(C)(C)C)C(=O)N1C[C@H]2C(C)(C)[C@@]2(C)C1. The number of likely N-dealkylation sites (tertiary alicyclic amines) is 1. The second-order valence-electron chi connectivity index (χ2n) is 10.2. The quantitative estimate of drug-likeness (QED) is 0.836. The van der Waals surface area contributed by atoms with Gasteiger partial charge in [-0.2, -0.15) is 0 Å². The first-order valence-corrected chi connectivity index (χ1v) is 9.40. The maximum atomic E-state index is 13.1. The molecule has 4 heteroatoms. The molecule has 0 aromatic carbocycles. The highest BCUT2D eigenvalue weighted by Gasteiger charge is 2.72. The summed E-state index contributed by atoms with van der Waals surface area (Å²) >= 11 is 0. The normalized spacial score (nSPS) is 29.4. The van der Waals surface area contributed by atoms with E-state index in [0.29, 0.717) is 17.3 Å². The Labute approximate surface area is 147 Å². The maximum absolute atomic E-state index is 13.1. The van der Waals surface area contributed by atoms with Crippen molar-refractivity contribution < 1.29 is 9.59 Å². The zero-order chi connectivity index (χ0) is 18.5. The highest BCUT2D eigenvalue weighted by molar-refractivity contribution is 5.90. The lowest BCUT2D eigenvalue weighted by Crippen LogP contribution is -2.51. The van der Waals surface area contributed by atoms with Crippen LogP contribution in [0.3, 0.4) is 0 Å².